The summed E-state index contributed by atoms with van der Waals surface area (Å²) in [6.07, 6.45) is 0. The van der Waals surface area contributed by atoms with Crippen LogP contribution in [0.25, 0.3) is 0 Å². The van der Waals surface area contributed by atoms with Crippen LogP contribution >= 0.6 is 0 Å². The van der Waals surface area contributed by atoms with Crippen molar-refractivity contribution in [2.75, 3.05) is 12.3 Å². The number of nitrogens with zero attached hydrogens (tertiary/aromatic N) is 1. The molecule has 0 heterocycles. The summed E-state index contributed by atoms with van der Waals surface area (Å²) < 4.78 is 24.4. The summed E-state index contributed by atoms with van der Waals surface area (Å²) in [6, 6.07) is 6.06. The third kappa shape index (κ3) is 4.82. The molecule has 6 nitrogen and oxygen atoms in total. The fourth-order valence-electron chi connectivity index (χ4n) is 1.58. The van der Waals surface area contributed by atoms with Crippen molar-refractivity contribution in [3.05, 3.63) is 29.8 Å². The minimum absolute atomic E-state index is 0.0100. The van der Waals surface area contributed by atoms with Crippen LogP contribution in [0.4, 0.5) is 0 Å². The molecule has 112 valence electrons. The molecule has 1 rings (SSSR count). The van der Waals surface area contributed by atoms with E-state index in [2.05, 4.69) is 10.5 Å². The van der Waals surface area contributed by atoms with Crippen molar-refractivity contribution < 1.29 is 13.6 Å². The van der Waals surface area contributed by atoms with E-state index < -0.39 is 9.84 Å². The Labute approximate surface area is 119 Å². The Morgan fingerprint density at radius 3 is 2.60 bits per heavy atom. The van der Waals surface area contributed by atoms with Gasteiger partial charge in [0.15, 0.2) is 15.7 Å². The van der Waals surface area contributed by atoms with Crippen molar-refractivity contribution in [1.29, 1.82) is 0 Å². The van der Waals surface area contributed by atoms with Crippen LogP contribution < -0.4 is 11.1 Å². The summed E-state index contributed by atoms with van der Waals surface area (Å²) in [6.45, 7) is 6.27. The number of hydrogen-bond acceptors (Lipinski definition) is 5. The van der Waals surface area contributed by atoms with Crippen LogP contribution in [0, 0.1) is 0 Å². The Kier molecular flexibility index (Phi) is 5.13. The number of sulfone groups is 1. The highest BCUT2D eigenvalue weighted by Crippen LogP contribution is 2.13. The van der Waals surface area contributed by atoms with Gasteiger partial charge < -0.3 is 16.3 Å². The lowest BCUT2D eigenvalue weighted by Crippen LogP contribution is -2.38. The van der Waals surface area contributed by atoms with Crippen LogP contribution in [0.2, 0.25) is 0 Å². The largest absolute Gasteiger partial charge is 0.409 e. The summed E-state index contributed by atoms with van der Waals surface area (Å²) in [5.74, 6) is -0.126. The fourth-order valence-corrected chi connectivity index (χ4v) is 2.78. The highest BCUT2D eigenvalue weighted by molar-refractivity contribution is 7.91. The predicted molar refractivity (Wildman–Crippen MR) is 78.8 cm³/mol. The lowest BCUT2D eigenvalue weighted by molar-refractivity contribution is 0.318. The molecule has 0 bridgehead atoms. The molecule has 0 atom stereocenters. The maximum atomic E-state index is 12.2. The maximum Gasteiger partial charge on any atom is 0.179 e. The van der Waals surface area contributed by atoms with Gasteiger partial charge in [0.05, 0.1) is 10.6 Å². The first-order valence-corrected chi connectivity index (χ1v) is 7.87. The number of nitrogens with two attached hydrogens (primary N) is 1. The summed E-state index contributed by atoms with van der Waals surface area (Å²) in [7, 11) is -3.40. The smallest absolute Gasteiger partial charge is 0.179 e. The highest BCUT2D eigenvalue weighted by Gasteiger charge is 2.17. The average Bonchev–Trinajstić information content (AvgIpc) is 2.36. The summed E-state index contributed by atoms with van der Waals surface area (Å²) >= 11 is 0. The van der Waals surface area contributed by atoms with Gasteiger partial charge in [-0.2, -0.15) is 0 Å². The zero-order valence-electron chi connectivity index (χ0n) is 11.9. The minimum atomic E-state index is -3.40. The SMILES string of the molecule is CC(C)(C)NCCS(=O)(=O)c1cccc(/C(N)=N/O)c1. The van der Waals surface area contributed by atoms with Crippen molar-refractivity contribution in [2.24, 2.45) is 10.9 Å². The highest BCUT2D eigenvalue weighted by atomic mass is 32.2. The quantitative estimate of drug-likeness (QED) is 0.325. The van der Waals surface area contributed by atoms with E-state index in [0.717, 1.165) is 0 Å². The molecule has 0 amide bonds. The van der Waals surface area contributed by atoms with Gasteiger partial charge in [-0.25, -0.2) is 8.42 Å². The number of oxime groups is 1. The van der Waals surface area contributed by atoms with Gasteiger partial charge >= 0.3 is 0 Å². The van der Waals surface area contributed by atoms with Crippen LogP contribution in [0.5, 0.6) is 0 Å². The molecule has 0 aromatic heterocycles. The second-order valence-corrected chi connectivity index (χ2v) is 7.62. The minimum Gasteiger partial charge on any atom is -0.409 e. The first-order valence-electron chi connectivity index (χ1n) is 6.21. The molecular formula is C13H21N3O3S. The molecule has 0 saturated carbocycles. The lowest BCUT2D eigenvalue weighted by Gasteiger charge is -2.20. The predicted octanol–water partition coefficient (Wildman–Crippen LogP) is 0.943. The number of hydrogen-bond donors (Lipinski definition) is 3. The molecule has 1 aromatic carbocycles. The number of benzene rings is 1. The zero-order valence-corrected chi connectivity index (χ0v) is 12.7. The second-order valence-electron chi connectivity index (χ2n) is 5.51. The van der Waals surface area contributed by atoms with Gasteiger partial charge in [0.25, 0.3) is 0 Å². The van der Waals surface area contributed by atoms with Crippen LogP contribution in [0.15, 0.2) is 34.3 Å². The lowest BCUT2D eigenvalue weighted by atomic mass is 10.1. The topological polar surface area (TPSA) is 105 Å². The van der Waals surface area contributed by atoms with Crippen LogP contribution in [-0.2, 0) is 9.84 Å². The Morgan fingerprint density at radius 2 is 2.05 bits per heavy atom. The third-order valence-electron chi connectivity index (χ3n) is 2.62. The molecule has 0 unspecified atom stereocenters. The van der Waals surface area contributed by atoms with E-state index in [1.54, 1.807) is 12.1 Å². The van der Waals surface area contributed by atoms with Crippen molar-refractivity contribution in [3.8, 4) is 0 Å². The Bertz CT molecular complexity index is 589. The standard InChI is InChI=1S/C13H21N3O3S/c1-13(2,3)15-7-8-20(18,19)11-6-4-5-10(9-11)12(14)16-17/h4-6,9,15,17H,7-8H2,1-3H3,(H2,14,16). The summed E-state index contributed by atoms with van der Waals surface area (Å²) in [5, 5.41) is 14.6. The molecule has 4 N–H and O–H groups in total. The van der Waals surface area contributed by atoms with Gasteiger partial charge in [-0.3, -0.25) is 0 Å². The molecule has 7 heteroatoms. The van der Waals surface area contributed by atoms with E-state index in [4.69, 9.17) is 10.9 Å². The van der Waals surface area contributed by atoms with Gasteiger partial charge in [-0.15, -0.1) is 0 Å². The third-order valence-corrected chi connectivity index (χ3v) is 4.34. The van der Waals surface area contributed by atoms with Crippen LogP contribution in [0.3, 0.4) is 0 Å². The number of nitrogens with one attached hydrogen (secondary N) is 1. The van der Waals surface area contributed by atoms with Crippen molar-refractivity contribution in [3.63, 3.8) is 0 Å². The summed E-state index contributed by atoms with van der Waals surface area (Å²) in [5.41, 5.74) is 5.70. The van der Waals surface area contributed by atoms with Crippen LogP contribution in [-0.4, -0.2) is 37.3 Å². The maximum absolute atomic E-state index is 12.2. The molecule has 0 saturated heterocycles. The van der Waals surface area contributed by atoms with E-state index in [0.29, 0.717) is 12.1 Å². The molecule has 0 radical (unpaired) electrons. The molecule has 0 fully saturated rings. The van der Waals surface area contributed by atoms with E-state index in [-0.39, 0.29) is 22.0 Å². The summed E-state index contributed by atoms with van der Waals surface area (Å²) in [4.78, 5) is 0.164. The van der Waals surface area contributed by atoms with E-state index >= 15 is 0 Å². The van der Waals surface area contributed by atoms with E-state index in [9.17, 15) is 8.42 Å². The van der Waals surface area contributed by atoms with Crippen molar-refractivity contribution >= 4 is 15.7 Å². The van der Waals surface area contributed by atoms with Crippen LogP contribution in [0.1, 0.15) is 26.3 Å². The Morgan fingerprint density at radius 1 is 1.40 bits per heavy atom. The number of amidine groups is 1. The first-order chi connectivity index (χ1) is 9.15. The van der Waals surface area contributed by atoms with E-state index in [1.165, 1.54) is 12.1 Å². The Balaban J connectivity index is 2.88. The average molecular weight is 299 g/mol. The van der Waals surface area contributed by atoms with Gasteiger partial charge in [0.2, 0.25) is 0 Å². The fraction of sp³-hybridized carbons (Fsp3) is 0.462. The Hall–Kier alpha value is -1.60. The normalized spacial score (nSPS) is 13.4. The second kappa shape index (κ2) is 6.23. The van der Waals surface area contributed by atoms with Crippen molar-refractivity contribution in [2.45, 2.75) is 31.2 Å². The molecule has 0 aliphatic carbocycles. The zero-order chi connectivity index (χ0) is 15.4. The molecule has 0 aliphatic rings. The van der Waals surface area contributed by atoms with E-state index in [1.807, 2.05) is 20.8 Å². The number of rotatable bonds is 5. The molecule has 20 heavy (non-hydrogen) atoms. The van der Waals surface area contributed by atoms with Gasteiger partial charge in [0, 0.05) is 17.6 Å². The van der Waals surface area contributed by atoms with Gasteiger partial charge in [0.1, 0.15) is 0 Å². The molecular weight excluding hydrogens is 278 g/mol. The molecule has 1 aromatic rings. The van der Waals surface area contributed by atoms with Crippen molar-refractivity contribution in [1.82, 2.24) is 5.32 Å². The van der Waals surface area contributed by atoms with Gasteiger partial charge in [-0.1, -0.05) is 17.3 Å². The molecule has 0 spiro atoms. The first kappa shape index (κ1) is 16.5. The van der Waals surface area contributed by atoms with Gasteiger partial charge in [-0.05, 0) is 32.9 Å². The molecule has 0 aliphatic heterocycles. The monoisotopic (exact) mass is 299 g/mol.